The van der Waals surface area contributed by atoms with E-state index in [2.05, 4.69) is 31.0 Å². The number of ether oxygens (including phenoxy) is 1. The van der Waals surface area contributed by atoms with E-state index in [0.717, 1.165) is 35.0 Å². The van der Waals surface area contributed by atoms with Crippen molar-refractivity contribution >= 4 is 11.0 Å². The summed E-state index contributed by atoms with van der Waals surface area (Å²) in [7, 11) is 0. The average Bonchev–Trinajstić information content (AvgIpc) is 3.04. The Morgan fingerprint density at radius 3 is 2.46 bits per heavy atom. The molecule has 3 aromatic rings. The molecule has 1 saturated carbocycles. The van der Waals surface area contributed by atoms with Gasteiger partial charge in [-0.25, -0.2) is 0 Å². The molecule has 0 radical (unpaired) electrons. The van der Waals surface area contributed by atoms with E-state index in [9.17, 15) is 5.11 Å². The molecule has 2 aromatic carbocycles. The molecule has 0 amide bonds. The van der Waals surface area contributed by atoms with Crippen molar-refractivity contribution in [1.82, 2.24) is 15.0 Å². The number of aromatic nitrogens is 3. The molecule has 1 N–H and O–H groups in total. The van der Waals surface area contributed by atoms with Gasteiger partial charge in [0.25, 0.3) is 0 Å². The monoisotopic (exact) mass is 379 g/mol. The molecule has 4 rings (SSSR count). The molecule has 0 bridgehead atoms. The van der Waals surface area contributed by atoms with E-state index in [0.29, 0.717) is 23.6 Å². The summed E-state index contributed by atoms with van der Waals surface area (Å²) in [6.45, 7) is 9.34. The van der Waals surface area contributed by atoms with Crippen molar-refractivity contribution < 1.29 is 9.84 Å². The molecule has 2 unspecified atom stereocenters. The van der Waals surface area contributed by atoms with E-state index in [1.54, 1.807) is 0 Å². The molecule has 1 aliphatic rings. The lowest BCUT2D eigenvalue weighted by molar-refractivity contribution is -0.0320. The van der Waals surface area contributed by atoms with Gasteiger partial charge in [-0.15, -0.1) is 15.0 Å². The Morgan fingerprint density at radius 1 is 1.14 bits per heavy atom. The largest absolute Gasteiger partial charge is 0.505 e. The van der Waals surface area contributed by atoms with Crippen LogP contribution in [0.15, 0.2) is 36.4 Å². The number of hydrogen-bond acceptors (Lipinski definition) is 4. The van der Waals surface area contributed by atoms with E-state index in [-0.39, 0.29) is 11.9 Å². The summed E-state index contributed by atoms with van der Waals surface area (Å²) in [6.07, 6.45) is 3.61. The Labute approximate surface area is 166 Å². The first-order valence-electron chi connectivity index (χ1n) is 10.1. The van der Waals surface area contributed by atoms with Crippen LogP contribution in [0.2, 0.25) is 0 Å². The lowest BCUT2D eigenvalue weighted by Gasteiger charge is -2.38. The molecule has 0 saturated heterocycles. The average molecular weight is 380 g/mol. The fraction of sp³-hybridized carbons (Fsp3) is 0.478. The summed E-state index contributed by atoms with van der Waals surface area (Å²) in [6, 6.07) is 11.6. The van der Waals surface area contributed by atoms with Crippen molar-refractivity contribution in [3.05, 3.63) is 47.5 Å². The first kappa shape index (κ1) is 18.9. The van der Waals surface area contributed by atoms with Crippen molar-refractivity contribution in [1.29, 1.82) is 0 Å². The van der Waals surface area contributed by atoms with Crippen LogP contribution in [0.4, 0.5) is 0 Å². The Balaban J connectivity index is 1.58. The fourth-order valence-corrected chi connectivity index (χ4v) is 4.66. The highest BCUT2D eigenvalue weighted by atomic mass is 16.5. The van der Waals surface area contributed by atoms with Crippen LogP contribution in [-0.4, -0.2) is 26.2 Å². The molecule has 1 aromatic heterocycles. The Hall–Kier alpha value is -2.40. The van der Waals surface area contributed by atoms with Gasteiger partial charge in [-0.2, -0.15) is 0 Å². The first-order chi connectivity index (χ1) is 13.3. The zero-order valence-corrected chi connectivity index (χ0v) is 17.1. The highest BCUT2D eigenvalue weighted by Gasteiger charge is 2.32. The van der Waals surface area contributed by atoms with Crippen LogP contribution >= 0.6 is 0 Å². The molecule has 0 spiro atoms. The lowest BCUT2D eigenvalue weighted by Crippen LogP contribution is -2.32. The molecular formula is C23H29N3O2. The first-order valence-corrected chi connectivity index (χ1v) is 10.1. The molecule has 5 heteroatoms. The number of fused-ring (bicyclic) bond motifs is 1. The van der Waals surface area contributed by atoms with Gasteiger partial charge in [-0.1, -0.05) is 32.9 Å². The van der Waals surface area contributed by atoms with Crippen LogP contribution in [0.25, 0.3) is 16.7 Å². The number of phenols is 1. The van der Waals surface area contributed by atoms with E-state index in [1.165, 1.54) is 11.2 Å². The third kappa shape index (κ3) is 3.90. The van der Waals surface area contributed by atoms with E-state index in [4.69, 9.17) is 4.74 Å². The fourth-order valence-electron chi connectivity index (χ4n) is 4.66. The van der Waals surface area contributed by atoms with Crippen LogP contribution in [0.1, 0.15) is 51.2 Å². The third-order valence-electron chi connectivity index (χ3n) is 5.64. The van der Waals surface area contributed by atoms with Crippen LogP contribution in [0.5, 0.6) is 5.75 Å². The highest BCUT2D eigenvalue weighted by Crippen LogP contribution is 2.40. The van der Waals surface area contributed by atoms with Crippen molar-refractivity contribution in [2.45, 2.75) is 59.7 Å². The van der Waals surface area contributed by atoms with Gasteiger partial charge in [-0.05, 0) is 67.3 Å². The normalized spacial score (nSPS) is 21.9. The topological polar surface area (TPSA) is 60.2 Å². The molecule has 5 nitrogen and oxygen atoms in total. The smallest absolute Gasteiger partial charge is 0.148 e. The van der Waals surface area contributed by atoms with Crippen molar-refractivity contribution in [2.24, 2.45) is 11.3 Å². The summed E-state index contributed by atoms with van der Waals surface area (Å²) >= 11 is 0. The molecule has 1 heterocycles. The predicted molar refractivity (Wildman–Crippen MR) is 111 cm³/mol. The van der Waals surface area contributed by atoms with Gasteiger partial charge in [0.2, 0.25) is 0 Å². The maximum atomic E-state index is 10.9. The SMILES string of the molecule is Cc1cc(COC2CC(C)CC(C)(C)C2)c(O)c(-n2nc3ccccc3n2)c1. The van der Waals surface area contributed by atoms with Crippen LogP contribution < -0.4 is 0 Å². The molecular weight excluding hydrogens is 350 g/mol. The molecule has 28 heavy (non-hydrogen) atoms. The summed E-state index contributed by atoms with van der Waals surface area (Å²) in [4.78, 5) is 1.52. The molecule has 1 fully saturated rings. The number of aryl methyl sites for hydroxylation is 1. The van der Waals surface area contributed by atoms with Crippen molar-refractivity contribution in [3.8, 4) is 11.4 Å². The number of hydrogen-bond donors (Lipinski definition) is 1. The number of nitrogens with zero attached hydrogens (tertiary/aromatic N) is 3. The van der Waals surface area contributed by atoms with Crippen LogP contribution in [0, 0.1) is 18.3 Å². The standard InChI is InChI=1S/C23H29N3O2/c1-15-9-17(14-28-18-10-16(2)12-23(3,4)13-18)22(27)21(11-15)26-24-19-7-5-6-8-20(19)25-26/h5-9,11,16,18,27H,10,12-14H2,1-4H3. The molecule has 148 valence electrons. The van der Waals surface area contributed by atoms with Gasteiger partial charge in [0.05, 0.1) is 12.7 Å². The molecule has 0 aliphatic heterocycles. The van der Waals surface area contributed by atoms with Crippen LogP contribution in [-0.2, 0) is 11.3 Å². The Morgan fingerprint density at radius 2 is 1.82 bits per heavy atom. The highest BCUT2D eigenvalue weighted by molar-refractivity contribution is 5.73. The second kappa shape index (κ2) is 7.21. The van der Waals surface area contributed by atoms with Gasteiger partial charge < -0.3 is 9.84 Å². The maximum Gasteiger partial charge on any atom is 0.148 e. The van der Waals surface area contributed by atoms with Crippen molar-refractivity contribution in [2.75, 3.05) is 0 Å². The summed E-state index contributed by atoms with van der Waals surface area (Å²) in [5, 5.41) is 19.9. The van der Waals surface area contributed by atoms with Gasteiger partial charge in [0.1, 0.15) is 22.5 Å². The quantitative estimate of drug-likeness (QED) is 0.680. The minimum Gasteiger partial charge on any atom is -0.505 e. The van der Waals surface area contributed by atoms with Crippen molar-refractivity contribution in [3.63, 3.8) is 0 Å². The number of rotatable bonds is 4. The number of benzene rings is 2. The Kier molecular flexibility index (Phi) is 4.88. The predicted octanol–water partition coefficient (Wildman–Crippen LogP) is 5.17. The zero-order valence-electron chi connectivity index (χ0n) is 17.1. The maximum absolute atomic E-state index is 10.9. The van der Waals surface area contributed by atoms with E-state index in [1.807, 2.05) is 43.3 Å². The third-order valence-corrected chi connectivity index (χ3v) is 5.64. The zero-order chi connectivity index (χ0) is 19.9. The second-order valence-electron chi connectivity index (χ2n) is 9.12. The Bertz CT molecular complexity index is 960. The lowest BCUT2D eigenvalue weighted by atomic mass is 9.71. The van der Waals surface area contributed by atoms with Gasteiger partial charge in [0, 0.05) is 5.56 Å². The van der Waals surface area contributed by atoms with Gasteiger partial charge in [0.15, 0.2) is 0 Å². The summed E-state index contributed by atoms with van der Waals surface area (Å²) in [5.41, 5.74) is 4.34. The minimum absolute atomic E-state index is 0.189. The van der Waals surface area contributed by atoms with E-state index >= 15 is 0 Å². The minimum atomic E-state index is 0.189. The van der Waals surface area contributed by atoms with Gasteiger partial charge >= 0.3 is 0 Å². The second-order valence-corrected chi connectivity index (χ2v) is 9.12. The van der Waals surface area contributed by atoms with Gasteiger partial charge in [-0.3, -0.25) is 0 Å². The molecule has 2 atom stereocenters. The van der Waals surface area contributed by atoms with E-state index < -0.39 is 0 Å². The summed E-state index contributed by atoms with van der Waals surface area (Å²) < 4.78 is 6.25. The summed E-state index contributed by atoms with van der Waals surface area (Å²) in [5.74, 6) is 0.852. The van der Waals surface area contributed by atoms with Crippen LogP contribution in [0.3, 0.4) is 0 Å². The number of aromatic hydroxyl groups is 1. The molecule has 1 aliphatic carbocycles. The number of phenolic OH excluding ortho intramolecular Hbond substituents is 1.